The number of rotatable bonds is 1. The fourth-order valence-corrected chi connectivity index (χ4v) is 1.06. The van der Waals surface area contributed by atoms with Crippen molar-refractivity contribution in [1.82, 2.24) is 4.98 Å². The van der Waals surface area contributed by atoms with E-state index in [1.165, 1.54) is 6.07 Å². The fraction of sp³-hybridized carbons (Fsp3) is 0.143. The maximum Gasteiger partial charge on any atom is 0.574 e. The molecule has 0 radical (unpaired) electrons. The van der Waals surface area contributed by atoms with E-state index in [0.717, 1.165) is 6.07 Å². The van der Waals surface area contributed by atoms with Crippen LogP contribution < -0.4 is 10.2 Å². The number of ether oxygens (including phenoxy) is 1. The van der Waals surface area contributed by atoms with Gasteiger partial charge in [-0.1, -0.05) is 0 Å². The summed E-state index contributed by atoms with van der Waals surface area (Å²) in [6.07, 6.45) is -4.93. The van der Waals surface area contributed by atoms with Crippen molar-refractivity contribution < 1.29 is 17.9 Å². The van der Waals surface area contributed by atoms with Crippen molar-refractivity contribution in [3.05, 3.63) is 26.5 Å². The smallest absolute Gasteiger partial charge is 0.389 e. The molecule has 0 saturated heterocycles. The third-order valence-electron chi connectivity index (χ3n) is 1.28. The molecule has 0 unspecified atom stereocenters. The van der Waals surface area contributed by atoms with Gasteiger partial charge in [0.05, 0.1) is 0 Å². The molecule has 0 spiro atoms. The van der Waals surface area contributed by atoms with Crippen molar-refractivity contribution in [2.45, 2.75) is 6.36 Å². The molecule has 0 aromatic carbocycles. The number of hydrogen-bond acceptors (Lipinski definition) is 3. The van der Waals surface area contributed by atoms with E-state index in [1.807, 2.05) is 4.98 Å². The molecule has 80 valence electrons. The predicted molar refractivity (Wildman–Crippen MR) is 46.2 cm³/mol. The van der Waals surface area contributed by atoms with E-state index in [2.05, 4.69) is 20.7 Å². The lowest BCUT2D eigenvalue weighted by molar-refractivity contribution is -0.276. The summed E-state index contributed by atoms with van der Waals surface area (Å²) in [7, 11) is 0. The minimum Gasteiger partial charge on any atom is -0.389 e. The zero-order valence-corrected chi connectivity index (χ0v) is 8.44. The number of halogens is 4. The molecule has 1 heterocycles. The average molecular weight is 283 g/mol. The second kappa shape index (κ2) is 3.94. The van der Waals surface area contributed by atoms with E-state index in [4.69, 9.17) is 5.26 Å². The third kappa shape index (κ3) is 2.99. The average Bonchev–Trinajstić information content (AvgIpc) is 2.10. The van der Waals surface area contributed by atoms with Crippen molar-refractivity contribution in [3.63, 3.8) is 0 Å². The Labute approximate surface area is 89.4 Å². The zero-order chi connectivity index (χ0) is 11.6. The molecular weight excluding hydrogens is 281 g/mol. The Hall–Kier alpha value is -1.49. The number of nitrogens with one attached hydrogen (secondary N) is 1. The predicted octanol–water partition coefficient (Wildman–Crippen LogP) is 1.91. The van der Waals surface area contributed by atoms with Crippen LogP contribution in [0.3, 0.4) is 0 Å². The van der Waals surface area contributed by atoms with Gasteiger partial charge in [-0.3, -0.25) is 4.79 Å². The van der Waals surface area contributed by atoms with Gasteiger partial charge in [0.15, 0.2) is 0 Å². The number of aromatic amines is 1. The van der Waals surface area contributed by atoms with E-state index in [1.54, 1.807) is 0 Å². The monoisotopic (exact) mass is 282 g/mol. The second-order valence-corrected chi connectivity index (χ2v) is 3.14. The molecule has 0 bridgehead atoms. The molecule has 0 aliphatic rings. The molecule has 4 nitrogen and oxygen atoms in total. The van der Waals surface area contributed by atoms with Crippen molar-refractivity contribution in [2.75, 3.05) is 0 Å². The summed E-state index contributed by atoms with van der Waals surface area (Å²) < 4.78 is 38.6. The van der Waals surface area contributed by atoms with Gasteiger partial charge in [0.1, 0.15) is 16.2 Å². The largest absolute Gasteiger partial charge is 0.574 e. The van der Waals surface area contributed by atoms with Crippen molar-refractivity contribution in [3.8, 4) is 11.9 Å². The van der Waals surface area contributed by atoms with Crippen LogP contribution in [0, 0.1) is 11.3 Å². The van der Waals surface area contributed by atoms with E-state index in [9.17, 15) is 18.0 Å². The number of nitrogens with zero attached hydrogens (tertiary/aromatic N) is 1. The number of nitriles is 1. The fourth-order valence-electron chi connectivity index (χ4n) is 0.766. The summed E-state index contributed by atoms with van der Waals surface area (Å²) in [5, 5.41) is 8.40. The number of aromatic nitrogens is 1. The molecule has 0 fully saturated rings. The number of hydrogen-bond donors (Lipinski definition) is 1. The molecule has 0 aliphatic heterocycles. The first-order valence-corrected chi connectivity index (χ1v) is 4.21. The molecule has 1 N–H and O–H groups in total. The van der Waals surface area contributed by atoms with Gasteiger partial charge in [0, 0.05) is 6.07 Å². The summed E-state index contributed by atoms with van der Waals surface area (Å²) in [4.78, 5) is 13.0. The molecule has 0 saturated carbocycles. The topological polar surface area (TPSA) is 65.9 Å². The highest BCUT2D eigenvalue weighted by Gasteiger charge is 2.33. The van der Waals surface area contributed by atoms with E-state index in [0.29, 0.717) is 0 Å². The van der Waals surface area contributed by atoms with Gasteiger partial charge >= 0.3 is 6.36 Å². The highest BCUT2D eigenvalue weighted by atomic mass is 79.9. The highest BCUT2D eigenvalue weighted by molar-refractivity contribution is 9.10. The highest BCUT2D eigenvalue weighted by Crippen LogP contribution is 2.25. The maximum absolute atomic E-state index is 11.8. The summed E-state index contributed by atoms with van der Waals surface area (Å²) >= 11 is 2.62. The Bertz CT molecular complexity index is 475. The van der Waals surface area contributed by atoms with Crippen LogP contribution in [-0.2, 0) is 0 Å². The first-order chi connectivity index (χ1) is 6.83. The lowest BCUT2D eigenvalue weighted by atomic mass is 10.3. The van der Waals surface area contributed by atoms with Crippen LogP contribution in [0.5, 0.6) is 5.88 Å². The lowest BCUT2D eigenvalue weighted by Crippen LogP contribution is -2.20. The number of H-pyrrole nitrogens is 1. The van der Waals surface area contributed by atoms with Gasteiger partial charge in [-0.15, -0.1) is 13.2 Å². The summed E-state index contributed by atoms with van der Waals surface area (Å²) in [6.45, 7) is 0. The van der Waals surface area contributed by atoms with E-state index >= 15 is 0 Å². The number of alkyl halides is 3. The van der Waals surface area contributed by atoms with Gasteiger partial charge in [0.25, 0.3) is 0 Å². The van der Waals surface area contributed by atoms with Gasteiger partial charge in [0.2, 0.25) is 11.3 Å². The van der Waals surface area contributed by atoms with Gasteiger partial charge in [-0.25, -0.2) is 0 Å². The Morgan fingerprint density at radius 2 is 2.13 bits per heavy atom. The van der Waals surface area contributed by atoms with E-state index in [-0.39, 0.29) is 5.69 Å². The van der Waals surface area contributed by atoms with Crippen LogP contribution >= 0.6 is 15.9 Å². The summed E-state index contributed by atoms with van der Waals surface area (Å²) in [5.41, 5.74) is -1.09. The summed E-state index contributed by atoms with van der Waals surface area (Å²) in [6, 6.07) is 2.35. The molecule has 1 aromatic heterocycles. The molecule has 8 heteroatoms. The molecule has 0 aliphatic carbocycles. The van der Waals surface area contributed by atoms with Crippen molar-refractivity contribution >= 4 is 15.9 Å². The van der Waals surface area contributed by atoms with Crippen LogP contribution in [0.15, 0.2) is 15.3 Å². The zero-order valence-electron chi connectivity index (χ0n) is 6.85. The first kappa shape index (κ1) is 11.6. The minimum absolute atomic E-state index is 0.317. The van der Waals surface area contributed by atoms with Gasteiger partial charge in [-0.05, 0) is 15.9 Å². The maximum atomic E-state index is 11.8. The molecule has 0 amide bonds. The molecule has 0 atom stereocenters. The molecule has 1 aromatic rings. The molecule has 15 heavy (non-hydrogen) atoms. The Morgan fingerprint density at radius 3 is 2.60 bits per heavy atom. The molecular formula is C7H2BrF3N2O2. The van der Waals surface area contributed by atoms with Crippen LogP contribution in [-0.4, -0.2) is 11.3 Å². The van der Waals surface area contributed by atoms with Crippen LogP contribution in [0.1, 0.15) is 5.69 Å². The standard InChI is InChI=1S/C7H2BrF3N2O2/c8-5-4(14)1-3(2-12)13-6(5)15-7(9,10)11/h1H,(H,13,14). The third-order valence-corrected chi connectivity index (χ3v) is 2.03. The minimum atomic E-state index is -4.93. The Kier molecular flexibility index (Phi) is 3.04. The number of pyridine rings is 1. The van der Waals surface area contributed by atoms with Gasteiger partial charge in [-0.2, -0.15) is 5.26 Å². The van der Waals surface area contributed by atoms with Crippen LogP contribution in [0.2, 0.25) is 0 Å². The van der Waals surface area contributed by atoms with Gasteiger partial charge < -0.3 is 9.72 Å². The Morgan fingerprint density at radius 1 is 1.53 bits per heavy atom. The molecule has 1 rings (SSSR count). The second-order valence-electron chi connectivity index (χ2n) is 2.35. The summed E-state index contributed by atoms with van der Waals surface area (Å²) in [5.74, 6) is -0.841. The first-order valence-electron chi connectivity index (χ1n) is 3.42. The quantitative estimate of drug-likeness (QED) is 0.856. The Balaban J connectivity index is 3.24. The van der Waals surface area contributed by atoms with Crippen LogP contribution in [0.25, 0.3) is 0 Å². The lowest BCUT2D eigenvalue weighted by Gasteiger charge is -2.09. The van der Waals surface area contributed by atoms with Crippen molar-refractivity contribution in [1.29, 1.82) is 5.26 Å². The van der Waals surface area contributed by atoms with Crippen LogP contribution in [0.4, 0.5) is 13.2 Å². The SMILES string of the molecule is N#Cc1cc(=O)c(Br)c(OC(F)(F)F)[nH]1. The van der Waals surface area contributed by atoms with E-state index < -0.39 is 22.1 Å². The van der Waals surface area contributed by atoms with Crippen molar-refractivity contribution in [2.24, 2.45) is 0 Å². The normalized spacial score (nSPS) is 10.9.